The molecule has 1 aromatic carbocycles. The smallest absolute Gasteiger partial charge is 0.0950 e. The Kier molecular flexibility index (Phi) is 2.65. The zero-order chi connectivity index (χ0) is 11.7. The maximum atomic E-state index is 4.17. The molecule has 4 nitrogen and oxygen atoms in total. The number of benzene rings is 1. The minimum absolute atomic E-state index is 0.497. The molecule has 0 bridgehead atoms. The normalized spacial score (nSPS) is 20.8. The van der Waals surface area contributed by atoms with Gasteiger partial charge in [-0.2, -0.15) is 10.2 Å². The summed E-state index contributed by atoms with van der Waals surface area (Å²) in [6.07, 6.45) is 1.88. The van der Waals surface area contributed by atoms with Gasteiger partial charge in [-0.3, -0.25) is 0 Å². The molecule has 2 aromatic rings. The van der Waals surface area contributed by atoms with Crippen LogP contribution in [-0.2, 0) is 0 Å². The number of hydrogen-bond donors (Lipinski definition) is 1. The number of hydrogen-bond acceptors (Lipinski definition) is 4. The molecule has 1 N–H and O–H groups in total. The predicted molar refractivity (Wildman–Crippen MR) is 69.2 cm³/mol. The summed E-state index contributed by atoms with van der Waals surface area (Å²) < 4.78 is 0. The highest BCUT2D eigenvalue weighted by molar-refractivity contribution is 5.90. The Morgan fingerprint density at radius 3 is 3.12 bits per heavy atom. The van der Waals surface area contributed by atoms with Crippen LogP contribution in [0.1, 0.15) is 6.92 Å². The fraction of sp³-hybridized carbons (Fsp3) is 0.385. The first-order valence-corrected chi connectivity index (χ1v) is 6.04. The topological polar surface area (TPSA) is 41.0 Å². The molecule has 88 valence electrons. The molecule has 1 saturated heterocycles. The molecule has 17 heavy (non-hydrogen) atoms. The van der Waals surface area contributed by atoms with Crippen molar-refractivity contribution in [2.75, 3.05) is 24.5 Å². The third-order valence-electron chi connectivity index (χ3n) is 3.34. The molecule has 0 spiro atoms. The number of rotatable bonds is 1. The van der Waals surface area contributed by atoms with Crippen molar-refractivity contribution in [3.63, 3.8) is 0 Å². The highest BCUT2D eigenvalue weighted by atomic mass is 15.2. The third-order valence-corrected chi connectivity index (χ3v) is 3.34. The summed E-state index contributed by atoms with van der Waals surface area (Å²) in [5, 5.41) is 12.9. The molecule has 2 heterocycles. The van der Waals surface area contributed by atoms with Crippen LogP contribution in [0.4, 0.5) is 5.69 Å². The lowest BCUT2D eigenvalue weighted by atomic mass is 10.1. The predicted octanol–water partition coefficient (Wildman–Crippen LogP) is 1.43. The maximum absolute atomic E-state index is 4.17. The van der Waals surface area contributed by atoms with Crippen LogP contribution in [0.3, 0.4) is 0 Å². The van der Waals surface area contributed by atoms with Gasteiger partial charge in [0.15, 0.2) is 0 Å². The van der Waals surface area contributed by atoms with Crippen LogP contribution < -0.4 is 10.2 Å². The molecule has 1 atom stereocenters. The van der Waals surface area contributed by atoms with E-state index in [2.05, 4.69) is 39.5 Å². The van der Waals surface area contributed by atoms with Crippen LogP contribution in [-0.4, -0.2) is 35.9 Å². The van der Waals surface area contributed by atoms with E-state index < -0.39 is 0 Å². The number of piperazine rings is 1. The monoisotopic (exact) mass is 228 g/mol. The summed E-state index contributed by atoms with van der Waals surface area (Å²) in [6.45, 7) is 5.32. The molecule has 0 aliphatic carbocycles. The van der Waals surface area contributed by atoms with Crippen LogP contribution in [0, 0.1) is 0 Å². The van der Waals surface area contributed by atoms with E-state index in [4.69, 9.17) is 0 Å². The van der Waals surface area contributed by atoms with Crippen molar-refractivity contribution in [3.8, 4) is 0 Å². The Bertz CT molecular complexity index is 520. The van der Waals surface area contributed by atoms with Crippen molar-refractivity contribution in [2.24, 2.45) is 0 Å². The molecule has 3 rings (SSSR count). The standard InChI is InChI=1S/C13H16N4/c1-10-8-14-6-7-17(10)13-9-15-16-12-5-3-2-4-11(12)13/h2-5,9-10,14H,6-8H2,1H3. The second-order valence-corrected chi connectivity index (χ2v) is 4.49. The first-order valence-electron chi connectivity index (χ1n) is 6.04. The zero-order valence-electron chi connectivity index (χ0n) is 9.93. The van der Waals surface area contributed by atoms with Crippen LogP contribution >= 0.6 is 0 Å². The van der Waals surface area contributed by atoms with Gasteiger partial charge in [-0.1, -0.05) is 18.2 Å². The molecule has 0 saturated carbocycles. The molecule has 1 aromatic heterocycles. The summed E-state index contributed by atoms with van der Waals surface area (Å²) in [5.74, 6) is 0. The van der Waals surface area contributed by atoms with Crippen molar-refractivity contribution < 1.29 is 0 Å². The molecule has 0 amide bonds. The first kappa shape index (κ1) is 10.5. The van der Waals surface area contributed by atoms with E-state index in [9.17, 15) is 0 Å². The highest BCUT2D eigenvalue weighted by Crippen LogP contribution is 2.26. The Morgan fingerprint density at radius 1 is 1.35 bits per heavy atom. The Balaban J connectivity index is 2.10. The average molecular weight is 228 g/mol. The van der Waals surface area contributed by atoms with Gasteiger partial charge in [-0.15, -0.1) is 0 Å². The van der Waals surface area contributed by atoms with Crippen molar-refractivity contribution in [3.05, 3.63) is 30.5 Å². The van der Waals surface area contributed by atoms with Gasteiger partial charge in [-0.05, 0) is 13.0 Å². The second-order valence-electron chi connectivity index (χ2n) is 4.49. The number of aromatic nitrogens is 2. The zero-order valence-corrected chi connectivity index (χ0v) is 9.93. The lowest BCUT2D eigenvalue weighted by Crippen LogP contribution is -2.50. The molecule has 1 aliphatic rings. The second kappa shape index (κ2) is 4.30. The van der Waals surface area contributed by atoms with E-state index in [1.54, 1.807) is 0 Å². The number of anilines is 1. The molecule has 4 heteroatoms. The van der Waals surface area contributed by atoms with Crippen LogP contribution in [0.2, 0.25) is 0 Å². The Morgan fingerprint density at radius 2 is 2.24 bits per heavy atom. The van der Waals surface area contributed by atoms with Gasteiger partial charge in [0.05, 0.1) is 17.4 Å². The van der Waals surface area contributed by atoms with Crippen LogP contribution in [0.15, 0.2) is 30.5 Å². The average Bonchev–Trinajstić information content (AvgIpc) is 2.39. The van der Waals surface area contributed by atoms with Crippen LogP contribution in [0.5, 0.6) is 0 Å². The number of nitrogens with zero attached hydrogens (tertiary/aromatic N) is 3. The summed E-state index contributed by atoms with van der Waals surface area (Å²) in [6, 6.07) is 8.69. The van der Waals surface area contributed by atoms with E-state index in [-0.39, 0.29) is 0 Å². The maximum Gasteiger partial charge on any atom is 0.0950 e. The summed E-state index contributed by atoms with van der Waals surface area (Å²) >= 11 is 0. The van der Waals surface area contributed by atoms with Gasteiger partial charge in [0.25, 0.3) is 0 Å². The molecule has 1 fully saturated rings. The van der Waals surface area contributed by atoms with E-state index in [1.807, 2.05) is 18.3 Å². The largest absolute Gasteiger partial charge is 0.364 e. The fourth-order valence-corrected chi connectivity index (χ4v) is 2.42. The number of fused-ring (bicyclic) bond motifs is 1. The van der Waals surface area contributed by atoms with E-state index in [1.165, 1.54) is 11.1 Å². The summed E-state index contributed by atoms with van der Waals surface area (Å²) in [4.78, 5) is 2.41. The summed E-state index contributed by atoms with van der Waals surface area (Å²) in [7, 11) is 0. The van der Waals surface area contributed by atoms with Gasteiger partial charge in [-0.25, -0.2) is 0 Å². The summed E-state index contributed by atoms with van der Waals surface area (Å²) in [5.41, 5.74) is 2.17. The van der Waals surface area contributed by atoms with E-state index >= 15 is 0 Å². The van der Waals surface area contributed by atoms with Crippen molar-refractivity contribution in [2.45, 2.75) is 13.0 Å². The van der Waals surface area contributed by atoms with Gasteiger partial charge in [0.1, 0.15) is 0 Å². The molecule has 1 unspecified atom stereocenters. The van der Waals surface area contributed by atoms with Gasteiger partial charge in [0.2, 0.25) is 0 Å². The fourth-order valence-electron chi connectivity index (χ4n) is 2.42. The molecular weight excluding hydrogens is 212 g/mol. The first-order chi connectivity index (χ1) is 8.36. The molecule has 0 radical (unpaired) electrons. The van der Waals surface area contributed by atoms with Gasteiger partial charge < -0.3 is 10.2 Å². The van der Waals surface area contributed by atoms with Crippen LogP contribution in [0.25, 0.3) is 10.9 Å². The molecular formula is C13H16N4. The minimum atomic E-state index is 0.497. The quantitative estimate of drug-likeness (QED) is 0.801. The van der Waals surface area contributed by atoms with Crippen molar-refractivity contribution in [1.82, 2.24) is 15.5 Å². The molecule has 1 aliphatic heterocycles. The lowest BCUT2D eigenvalue weighted by molar-refractivity contribution is 0.501. The van der Waals surface area contributed by atoms with E-state index in [0.717, 1.165) is 25.2 Å². The van der Waals surface area contributed by atoms with Crippen molar-refractivity contribution >= 4 is 16.6 Å². The van der Waals surface area contributed by atoms with Gasteiger partial charge in [0, 0.05) is 31.1 Å². The SMILES string of the molecule is CC1CNCCN1c1cnnc2ccccc12. The lowest BCUT2D eigenvalue weighted by Gasteiger charge is -2.36. The van der Waals surface area contributed by atoms with E-state index in [0.29, 0.717) is 6.04 Å². The Hall–Kier alpha value is -1.68. The minimum Gasteiger partial charge on any atom is -0.364 e. The van der Waals surface area contributed by atoms with Gasteiger partial charge >= 0.3 is 0 Å². The van der Waals surface area contributed by atoms with Crippen molar-refractivity contribution in [1.29, 1.82) is 0 Å². The Labute approximate surface area is 101 Å². The number of nitrogens with one attached hydrogen (secondary N) is 1. The highest BCUT2D eigenvalue weighted by Gasteiger charge is 2.20. The third kappa shape index (κ3) is 1.85.